The first-order valence-corrected chi connectivity index (χ1v) is 21.8. The Kier molecular flexibility index (Phi) is 13.3. The summed E-state index contributed by atoms with van der Waals surface area (Å²) in [5.41, 5.74) is 3.51. The van der Waals surface area contributed by atoms with Crippen LogP contribution in [-0.2, 0) is 19.6 Å². The Morgan fingerprint density at radius 1 is 0.915 bits per heavy atom. The number of rotatable bonds is 15. The van der Waals surface area contributed by atoms with Crippen LogP contribution in [0.2, 0.25) is 10.3 Å². The van der Waals surface area contributed by atoms with Gasteiger partial charge in [-0.25, -0.2) is 22.7 Å². The number of anilines is 2. The van der Waals surface area contributed by atoms with Crippen LogP contribution in [0.3, 0.4) is 0 Å². The van der Waals surface area contributed by atoms with Gasteiger partial charge in [-0.3, -0.25) is 4.79 Å². The van der Waals surface area contributed by atoms with E-state index in [1.54, 1.807) is 54.6 Å². The summed E-state index contributed by atoms with van der Waals surface area (Å²) in [6.07, 6.45) is 6.48. The highest BCUT2D eigenvalue weighted by Crippen LogP contribution is 2.39. The standard InChI is InChI=1S/C44H46Cl2N6O6S/c1-4-39(58-36-22-20-29(2)24-30(36)3)56-28-49-32-21-23-37(57-34-18-12-7-13-19-34)35(25-32)50-44(53)40(51-27-48-41(45)42(51)46)43-47-26-38(31-14-8-5-9-15-31)59(54,55)52(43)33-16-10-6-11-17-33/h5,7-9,12-15,18-27,33,39-40,49H,4,6,10-11,16-17,28H2,1-3H3,(H,50,53). The number of benzene rings is 4. The summed E-state index contributed by atoms with van der Waals surface area (Å²) in [6.45, 7) is 6.09. The fourth-order valence-electron chi connectivity index (χ4n) is 7.23. The molecule has 5 aromatic rings. The number of para-hydroxylation sites is 1. The van der Waals surface area contributed by atoms with Gasteiger partial charge in [0.25, 0.3) is 15.9 Å². The zero-order chi connectivity index (χ0) is 41.5. The summed E-state index contributed by atoms with van der Waals surface area (Å²) in [7, 11) is -4.22. The largest absolute Gasteiger partial charge is 0.465 e. The van der Waals surface area contributed by atoms with Crippen LogP contribution in [0.25, 0.3) is 4.91 Å². The molecule has 12 nitrogen and oxygen atoms in total. The molecule has 2 heterocycles. The van der Waals surface area contributed by atoms with Crippen molar-refractivity contribution in [3.63, 3.8) is 0 Å². The highest BCUT2D eigenvalue weighted by Gasteiger charge is 2.45. The van der Waals surface area contributed by atoms with Crippen LogP contribution in [0.4, 0.5) is 11.4 Å². The minimum absolute atomic E-state index is 0.0330. The Bertz CT molecular complexity index is 2440. The van der Waals surface area contributed by atoms with E-state index in [9.17, 15) is 13.2 Å². The first kappa shape index (κ1) is 41.8. The molecule has 4 aromatic carbocycles. The molecule has 15 heteroatoms. The zero-order valence-corrected chi connectivity index (χ0v) is 35.3. The Hall–Kier alpha value is -5.34. The highest BCUT2D eigenvalue weighted by atomic mass is 35.5. The van der Waals surface area contributed by atoms with Crippen molar-refractivity contribution in [2.45, 2.75) is 77.7 Å². The van der Waals surface area contributed by atoms with Gasteiger partial charge in [0.2, 0.25) is 6.29 Å². The number of aromatic nitrogens is 2. The van der Waals surface area contributed by atoms with Crippen molar-refractivity contribution < 1.29 is 27.4 Å². The molecule has 2 aliphatic rings. The van der Waals surface area contributed by atoms with E-state index in [2.05, 4.69) is 21.7 Å². The molecule has 7 rings (SSSR count). The lowest BCUT2D eigenvalue weighted by Gasteiger charge is -2.39. The molecule has 2 unspecified atom stereocenters. The number of halogens is 2. The molecule has 2 N–H and O–H groups in total. The van der Waals surface area contributed by atoms with Gasteiger partial charge in [0.15, 0.2) is 22.8 Å². The smallest absolute Gasteiger partial charge is 0.267 e. The molecule has 2 atom stereocenters. The van der Waals surface area contributed by atoms with Crippen LogP contribution in [-0.4, -0.2) is 53.1 Å². The number of amides is 1. The number of carbonyl (C=O) groups excluding carboxylic acids is 1. The third-order valence-corrected chi connectivity index (χ3v) is 12.8. The number of hydrogen-bond acceptors (Lipinski definition) is 9. The average molecular weight is 858 g/mol. The van der Waals surface area contributed by atoms with E-state index in [0.717, 1.165) is 36.1 Å². The molecule has 1 saturated carbocycles. The molecule has 1 amide bonds. The number of carbonyl (C=O) groups is 1. The minimum atomic E-state index is -4.22. The van der Waals surface area contributed by atoms with Crippen molar-refractivity contribution in [2.75, 3.05) is 17.4 Å². The highest BCUT2D eigenvalue weighted by molar-refractivity contribution is 7.99. The van der Waals surface area contributed by atoms with Gasteiger partial charge in [-0.2, -0.15) is 0 Å². The minimum Gasteiger partial charge on any atom is -0.465 e. The summed E-state index contributed by atoms with van der Waals surface area (Å²) in [6, 6.07) is 27.3. The third-order valence-electron chi connectivity index (χ3n) is 10.2. The summed E-state index contributed by atoms with van der Waals surface area (Å²) >= 11 is 13.1. The van der Waals surface area contributed by atoms with E-state index in [4.69, 9.17) is 42.4 Å². The lowest BCUT2D eigenvalue weighted by atomic mass is 9.95. The number of ether oxygens (including phenoxy) is 3. The van der Waals surface area contributed by atoms with Crippen LogP contribution in [0.1, 0.15) is 68.2 Å². The van der Waals surface area contributed by atoms with Gasteiger partial charge < -0.3 is 29.4 Å². The second-order valence-corrected chi connectivity index (χ2v) is 16.9. The van der Waals surface area contributed by atoms with Crippen molar-refractivity contribution in [2.24, 2.45) is 4.99 Å². The molecule has 0 radical (unpaired) electrons. The molecular formula is C44H46Cl2N6O6S. The summed E-state index contributed by atoms with van der Waals surface area (Å²) in [5, 5.41) is 6.15. The molecule has 59 heavy (non-hydrogen) atoms. The van der Waals surface area contributed by atoms with Crippen molar-refractivity contribution in [3.8, 4) is 17.2 Å². The summed E-state index contributed by atoms with van der Waals surface area (Å²) in [5.74, 6) is 0.905. The second kappa shape index (κ2) is 18.7. The molecule has 1 aromatic heterocycles. The Morgan fingerprint density at radius 2 is 1.63 bits per heavy atom. The number of nitrogens with one attached hydrogen (secondary N) is 2. The molecule has 1 fully saturated rings. The van der Waals surface area contributed by atoms with Crippen molar-refractivity contribution in [1.82, 2.24) is 13.9 Å². The van der Waals surface area contributed by atoms with Gasteiger partial charge >= 0.3 is 0 Å². The van der Waals surface area contributed by atoms with Crippen LogP contribution < -0.4 is 20.1 Å². The molecule has 1 aliphatic carbocycles. The second-order valence-electron chi connectivity index (χ2n) is 14.4. The number of nitrogens with zero attached hydrogens (tertiary/aromatic N) is 4. The quantitative estimate of drug-likeness (QED) is 0.0994. The van der Waals surface area contributed by atoms with Crippen LogP contribution in [0, 0.1) is 13.8 Å². The number of imidazole rings is 1. The fourth-order valence-corrected chi connectivity index (χ4v) is 9.39. The maximum atomic E-state index is 14.9. The number of aryl methyl sites for hydroxylation is 2. The predicted molar refractivity (Wildman–Crippen MR) is 233 cm³/mol. The SMILES string of the molecule is CCC(OCNc1ccc(Oc2ccccc2)c(NC(=O)C(C2=NC=C(c3ccccc3)S(=O)(=O)N2C2CCCCC2)n2cnc(Cl)c2Cl)c1)Oc1ccc(C)cc1C. The van der Waals surface area contributed by atoms with Gasteiger partial charge in [-0.05, 0) is 74.2 Å². The Balaban J connectivity index is 1.23. The number of amidine groups is 1. The molecule has 0 saturated heterocycles. The fraction of sp³-hybridized carbons (Fsp3) is 0.295. The average Bonchev–Trinajstić information content (AvgIpc) is 3.56. The van der Waals surface area contributed by atoms with E-state index in [-0.39, 0.29) is 33.5 Å². The first-order valence-electron chi connectivity index (χ1n) is 19.6. The van der Waals surface area contributed by atoms with E-state index >= 15 is 0 Å². The lowest BCUT2D eigenvalue weighted by Crippen LogP contribution is -2.52. The van der Waals surface area contributed by atoms with E-state index in [1.165, 1.54) is 21.4 Å². The summed E-state index contributed by atoms with van der Waals surface area (Å²) in [4.78, 5) is 23.9. The van der Waals surface area contributed by atoms with Gasteiger partial charge in [0.05, 0.1) is 18.2 Å². The van der Waals surface area contributed by atoms with E-state index in [0.29, 0.717) is 42.0 Å². The van der Waals surface area contributed by atoms with Gasteiger partial charge in [-0.1, -0.05) is 116 Å². The van der Waals surface area contributed by atoms with Gasteiger partial charge in [0.1, 0.15) is 28.3 Å². The first-order chi connectivity index (χ1) is 28.5. The monoisotopic (exact) mass is 856 g/mol. The van der Waals surface area contributed by atoms with E-state index < -0.39 is 34.3 Å². The predicted octanol–water partition coefficient (Wildman–Crippen LogP) is 10.4. The van der Waals surface area contributed by atoms with Crippen molar-refractivity contribution in [1.29, 1.82) is 0 Å². The van der Waals surface area contributed by atoms with Crippen LogP contribution in [0.15, 0.2) is 115 Å². The third kappa shape index (κ3) is 9.60. The molecule has 0 spiro atoms. The van der Waals surface area contributed by atoms with E-state index in [1.807, 2.05) is 57.2 Å². The van der Waals surface area contributed by atoms with Crippen molar-refractivity contribution >= 4 is 61.2 Å². The number of hydrogen-bond donors (Lipinski definition) is 2. The molecule has 0 bridgehead atoms. The molecular weight excluding hydrogens is 811 g/mol. The van der Waals surface area contributed by atoms with Gasteiger partial charge in [0, 0.05) is 18.2 Å². The van der Waals surface area contributed by atoms with Crippen LogP contribution in [0.5, 0.6) is 17.2 Å². The normalized spacial score (nSPS) is 16.4. The Morgan fingerprint density at radius 3 is 2.31 bits per heavy atom. The van der Waals surface area contributed by atoms with Crippen molar-refractivity contribution in [3.05, 3.63) is 137 Å². The Labute approximate surface area is 354 Å². The summed E-state index contributed by atoms with van der Waals surface area (Å²) < 4.78 is 50.6. The maximum Gasteiger partial charge on any atom is 0.267 e. The number of sulfonamides is 1. The van der Waals surface area contributed by atoms with Crippen LogP contribution >= 0.6 is 23.2 Å². The maximum absolute atomic E-state index is 14.9. The lowest BCUT2D eigenvalue weighted by molar-refractivity contribution is -0.117. The molecule has 308 valence electrons. The topological polar surface area (TPSA) is 136 Å². The zero-order valence-electron chi connectivity index (χ0n) is 33.0. The molecule has 1 aliphatic heterocycles. The number of aliphatic imine (C=N–C) groups is 1. The van der Waals surface area contributed by atoms with Gasteiger partial charge in [-0.15, -0.1) is 0 Å².